The maximum absolute atomic E-state index is 12.6. The minimum absolute atomic E-state index is 0.104. The van der Waals surface area contributed by atoms with Crippen LogP contribution in [0.25, 0.3) is 10.8 Å². The average Bonchev–Trinajstić information content (AvgIpc) is 2.54. The van der Waals surface area contributed by atoms with Gasteiger partial charge >= 0.3 is 0 Å². The zero-order valence-electron chi connectivity index (χ0n) is 11.9. The highest BCUT2D eigenvalue weighted by Crippen LogP contribution is 2.17. The Morgan fingerprint density at radius 3 is 2.86 bits per heavy atom. The van der Waals surface area contributed by atoms with Crippen LogP contribution in [0.4, 0.5) is 0 Å². The van der Waals surface area contributed by atoms with Crippen LogP contribution in [0, 0.1) is 0 Å². The monoisotopic (exact) mass is 286 g/mol. The SMILES string of the molecule is CCN(CCC(N)=NO)C(=O)c1nccc2ccccc12. The second-order valence-corrected chi connectivity index (χ2v) is 4.61. The van der Waals surface area contributed by atoms with Crippen molar-refractivity contribution >= 4 is 22.5 Å². The molecule has 1 aromatic heterocycles. The first-order valence-corrected chi connectivity index (χ1v) is 6.76. The smallest absolute Gasteiger partial charge is 0.273 e. The van der Waals surface area contributed by atoms with E-state index in [-0.39, 0.29) is 11.7 Å². The lowest BCUT2D eigenvalue weighted by Crippen LogP contribution is -2.34. The predicted molar refractivity (Wildman–Crippen MR) is 81.3 cm³/mol. The molecule has 6 nitrogen and oxygen atoms in total. The number of carbonyl (C=O) groups is 1. The Morgan fingerprint density at radius 2 is 2.14 bits per heavy atom. The maximum atomic E-state index is 12.6. The van der Waals surface area contributed by atoms with E-state index in [1.54, 1.807) is 11.1 Å². The van der Waals surface area contributed by atoms with Crippen molar-refractivity contribution in [1.29, 1.82) is 0 Å². The first kappa shape index (κ1) is 14.8. The van der Waals surface area contributed by atoms with E-state index in [0.717, 1.165) is 10.8 Å². The lowest BCUT2D eigenvalue weighted by atomic mass is 10.1. The van der Waals surface area contributed by atoms with Gasteiger partial charge in [-0.15, -0.1) is 0 Å². The predicted octanol–water partition coefficient (Wildman–Crippen LogP) is 1.83. The number of carbonyl (C=O) groups excluding carboxylic acids is 1. The summed E-state index contributed by atoms with van der Waals surface area (Å²) in [5.74, 6) is -0.0489. The number of hydrogen-bond acceptors (Lipinski definition) is 4. The molecule has 0 aliphatic carbocycles. The van der Waals surface area contributed by atoms with Gasteiger partial charge in [0.15, 0.2) is 0 Å². The fraction of sp³-hybridized carbons (Fsp3) is 0.267. The van der Waals surface area contributed by atoms with Crippen molar-refractivity contribution in [2.75, 3.05) is 13.1 Å². The van der Waals surface area contributed by atoms with Crippen molar-refractivity contribution in [2.24, 2.45) is 10.9 Å². The molecule has 3 N–H and O–H groups in total. The summed E-state index contributed by atoms with van der Waals surface area (Å²) in [6, 6.07) is 9.51. The molecule has 0 fully saturated rings. The van der Waals surface area contributed by atoms with Crippen molar-refractivity contribution in [3.8, 4) is 0 Å². The number of benzene rings is 1. The fourth-order valence-corrected chi connectivity index (χ4v) is 2.14. The number of amides is 1. The van der Waals surface area contributed by atoms with E-state index in [0.29, 0.717) is 25.2 Å². The van der Waals surface area contributed by atoms with Gasteiger partial charge in [-0.2, -0.15) is 0 Å². The molecule has 0 aliphatic heterocycles. The Hall–Kier alpha value is -2.63. The third-order valence-corrected chi connectivity index (χ3v) is 3.31. The number of fused-ring (bicyclic) bond motifs is 1. The molecule has 6 heteroatoms. The van der Waals surface area contributed by atoms with Crippen molar-refractivity contribution in [3.05, 3.63) is 42.2 Å². The molecule has 0 spiro atoms. The molecule has 2 rings (SSSR count). The fourth-order valence-electron chi connectivity index (χ4n) is 2.14. The van der Waals surface area contributed by atoms with Gasteiger partial charge < -0.3 is 15.8 Å². The first-order valence-electron chi connectivity index (χ1n) is 6.76. The summed E-state index contributed by atoms with van der Waals surface area (Å²) in [4.78, 5) is 18.5. The second kappa shape index (κ2) is 6.69. The number of hydrogen-bond donors (Lipinski definition) is 2. The average molecular weight is 286 g/mol. The third kappa shape index (κ3) is 3.28. The van der Waals surface area contributed by atoms with Crippen molar-refractivity contribution < 1.29 is 10.0 Å². The van der Waals surface area contributed by atoms with E-state index < -0.39 is 0 Å². The van der Waals surface area contributed by atoms with Gasteiger partial charge in [0, 0.05) is 31.1 Å². The van der Waals surface area contributed by atoms with E-state index in [2.05, 4.69) is 10.1 Å². The zero-order valence-corrected chi connectivity index (χ0v) is 11.9. The number of oxime groups is 1. The summed E-state index contributed by atoms with van der Waals surface area (Å²) in [7, 11) is 0. The number of pyridine rings is 1. The van der Waals surface area contributed by atoms with Crippen LogP contribution >= 0.6 is 0 Å². The van der Waals surface area contributed by atoms with Gasteiger partial charge in [0.2, 0.25) is 0 Å². The van der Waals surface area contributed by atoms with Crippen LogP contribution in [0.2, 0.25) is 0 Å². The number of nitrogens with zero attached hydrogens (tertiary/aromatic N) is 3. The number of aromatic nitrogens is 1. The molecular weight excluding hydrogens is 268 g/mol. The summed E-state index contributed by atoms with van der Waals surface area (Å²) in [6.07, 6.45) is 1.95. The maximum Gasteiger partial charge on any atom is 0.273 e. The number of amidine groups is 1. The number of rotatable bonds is 5. The van der Waals surface area contributed by atoms with Crippen molar-refractivity contribution in [1.82, 2.24) is 9.88 Å². The highest BCUT2D eigenvalue weighted by atomic mass is 16.4. The Balaban J connectivity index is 2.27. The lowest BCUT2D eigenvalue weighted by molar-refractivity contribution is 0.0764. The summed E-state index contributed by atoms with van der Waals surface area (Å²) in [5, 5.41) is 13.3. The third-order valence-electron chi connectivity index (χ3n) is 3.31. The molecule has 0 saturated heterocycles. The van der Waals surface area contributed by atoms with Gasteiger partial charge in [-0.25, -0.2) is 0 Å². The van der Waals surface area contributed by atoms with E-state index in [9.17, 15) is 4.79 Å². The summed E-state index contributed by atoms with van der Waals surface area (Å²) >= 11 is 0. The van der Waals surface area contributed by atoms with Crippen molar-refractivity contribution in [3.63, 3.8) is 0 Å². The van der Waals surface area contributed by atoms with Crippen LogP contribution in [-0.2, 0) is 0 Å². The minimum Gasteiger partial charge on any atom is -0.409 e. The molecule has 0 atom stereocenters. The van der Waals surface area contributed by atoms with Gasteiger partial charge in [0.1, 0.15) is 11.5 Å². The molecule has 0 bridgehead atoms. The molecule has 2 aromatic rings. The van der Waals surface area contributed by atoms with Gasteiger partial charge in [0.05, 0.1) is 0 Å². The molecule has 1 aromatic carbocycles. The van der Waals surface area contributed by atoms with E-state index in [1.165, 1.54) is 0 Å². The summed E-state index contributed by atoms with van der Waals surface area (Å²) in [6.45, 7) is 2.80. The Morgan fingerprint density at radius 1 is 1.38 bits per heavy atom. The van der Waals surface area contributed by atoms with Gasteiger partial charge in [-0.05, 0) is 18.4 Å². The van der Waals surface area contributed by atoms with Gasteiger partial charge in [0.25, 0.3) is 5.91 Å². The second-order valence-electron chi connectivity index (χ2n) is 4.61. The van der Waals surface area contributed by atoms with E-state index >= 15 is 0 Å². The summed E-state index contributed by atoms with van der Waals surface area (Å²) < 4.78 is 0. The first-order chi connectivity index (χ1) is 10.2. The van der Waals surface area contributed by atoms with E-state index in [4.69, 9.17) is 10.9 Å². The van der Waals surface area contributed by atoms with Crippen LogP contribution in [0.3, 0.4) is 0 Å². The molecule has 21 heavy (non-hydrogen) atoms. The highest BCUT2D eigenvalue weighted by molar-refractivity contribution is 6.05. The molecule has 0 saturated carbocycles. The zero-order chi connectivity index (χ0) is 15.2. The van der Waals surface area contributed by atoms with Crippen LogP contribution in [0.1, 0.15) is 23.8 Å². The molecule has 1 heterocycles. The highest BCUT2D eigenvalue weighted by Gasteiger charge is 2.18. The Bertz CT molecular complexity index is 664. The molecular formula is C15H18N4O2. The van der Waals surface area contributed by atoms with Crippen LogP contribution < -0.4 is 5.73 Å². The molecule has 0 radical (unpaired) electrons. The van der Waals surface area contributed by atoms with Crippen molar-refractivity contribution in [2.45, 2.75) is 13.3 Å². The largest absolute Gasteiger partial charge is 0.409 e. The molecule has 0 aliphatic rings. The van der Waals surface area contributed by atoms with Crippen LogP contribution in [-0.4, -0.2) is 39.9 Å². The van der Waals surface area contributed by atoms with Crippen LogP contribution in [0.15, 0.2) is 41.7 Å². The Labute approximate surface area is 122 Å². The Kier molecular flexibility index (Phi) is 4.71. The minimum atomic E-state index is -0.153. The standard InChI is InChI=1S/C15H18N4O2/c1-2-19(10-8-13(16)18-21)15(20)14-12-6-4-3-5-11(12)7-9-17-14/h3-7,9,21H,2,8,10H2,1H3,(H2,16,18). The van der Waals surface area contributed by atoms with E-state index in [1.807, 2.05) is 37.3 Å². The number of nitrogens with two attached hydrogens (primary N) is 1. The molecule has 1 amide bonds. The topological polar surface area (TPSA) is 91.8 Å². The van der Waals surface area contributed by atoms with Crippen LogP contribution in [0.5, 0.6) is 0 Å². The molecule has 110 valence electrons. The quantitative estimate of drug-likeness (QED) is 0.379. The van der Waals surface area contributed by atoms with Gasteiger partial charge in [-0.3, -0.25) is 9.78 Å². The van der Waals surface area contributed by atoms with Gasteiger partial charge in [-0.1, -0.05) is 29.4 Å². The normalized spacial score (nSPS) is 11.6. The summed E-state index contributed by atoms with van der Waals surface area (Å²) in [5.41, 5.74) is 5.88. The lowest BCUT2D eigenvalue weighted by Gasteiger charge is -2.20. The molecule has 0 unspecified atom stereocenters.